The average molecular weight is 286 g/mol. The highest BCUT2D eigenvalue weighted by atomic mass is 32.1. The van der Waals surface area contributed by atoms with Gasteiger partial charge in [0.15, 0.2) is 6.10 Å². The third kappa shape index (κ3) is 5.71. The normalized spacial score (nSPS) is 11.9. The molecular formula is C12H18N2O4S. The molecule has 0 aliphatic heterocycles. The molecule has 1 aromatic rings. The number of aliphatic carboxylic acids is 1. The first kappa shape index (κ1) is 15.5. The molecule has 7 heteroatoms. The van der Waals surface area contributed by atoms with Crippen molar-refractivity contribution in [2.45, 2.75) is 18.9 Å². The molecular weight excluding hydrogens is 268 g/mol. The molecule has 1 aromatic heterocycles. The van der Waals surface area contributed by atoms with Gasteiger partial charge in [0, 0.05) is 31.4 Å². The van der Waals surface area contributed by atoms with E-state index in [-0.39, 0.29) is 19.0 Å². The number of aliphatic hydroxyl groups excluding tert-OH is 1. The maximum absolute atomic E-state index is 11.6. The summed E-state index contributed by atoms with van der Waals surface area (Å²) in [6.07, 6.45) is -0.643. The van der Waals surface area contributed by atoms with Gasteiger partial charge in [0.2, 0.25) is 0 Å². The molecule has 6 nitrogen and oxygen atoms in total. The summed E-state index contributed by atoms with van der Waals surface area (Å²) >= 11 is 1.64. The van der Waals surface area contributed by atoms with E-state index in [0.29, 0.717) is 6.54 Å². The Morgan fingerprint density at radius 2 is 2.26 bits per heavy atom. The number of carboxylic acid groups (broad SMARTS) is 1. The molecule has 1 unspecified atom stereocenters. The second-order valence-electron chi connectivity index (χ2n) is 4.13. The summed E-state index contributed by atoms with van der Waals surface area (Å²) in [5.74, 6) is -1.28. The lowest BCUT2D eigenvalue weighted by atomic mass is 10.2. The van der Waals surface area contributed by atoms with Crippen molar-refractivity contribution in [3.8, 4) is 0 Å². The third-order valence-corrected chi connectivity index (χ3v) is 3.54. The average Bonchev–Trinajstić information content (AvgIpc) is 2.88. The first-order chi connectivity index (χ1) is 9.00. The van der Waals surface area contributed by atoms with Gasteiger partial charge in [-0.2, -0.15) is 0 Å². The van der Waals surface area contributed by atoms with Crippen LogP contribution in [0, 0.1) is 0 Å². The quantitative estimate of drug-likeness (QED) is 0.690. The zero-order valence-electron chi connectivity index (χ0n) is 10.7. The summed E-state index contributed by atoms with van der Waals surface area (Å²) in [5, 5.41) is 22.1. The molecule has 1 heterocycles. The smallest absolute Gasteiger partial charge is 0.332 e. The van der Waals surface area contributed by atoms with E-state index in [9.17, 15) is 9.59 Å². The van der Waals surface area contributed by atoms with Crippen LogP contribution in [0.15, 0.2) is 17.5 Å². The van der Waals surface area contributed by atoms with Gasteiger partial charge in [-0.1, -0.05) is 6.07 Å². The van der Waals surface area contributed by atoms with E-state index < -0.39 is 12.1 Å². The lowest BCUT2D eigenvalue weighted by Gasteiger charge is -2.17. The second kappa shape index (κ2) is 7.75. The van der Waals surface area contributed by atoms with Crippen LogP contribution in [0.5, 0.6) is 0 Å². The Hall–Kier alpha value is -1.60. The van der Waals surface area contributed by atoms with Gasteiger partial charge >= 0.3 is 12.0 Å². The standard InChI is InChI=1S/C12H18N2O4S/c1-14(7-5-9-3-2-8-19-9)12(18)13-6-4-10(15)11(16)17/h2-3,8,10,15H,4-7H2,1H3,(H,13,18)(H,16,17). The summed E-state index contributed by atoms with van der Waals surface area (Å²) in [4.78, 5) is 24.8. The van der Waals surface area contributed by atoms with Gasteiger partial charge < -0.3 is 20.4 Å². The molecule has 2 amide bonds. The lowest BCUT2D eigenvalue weighted by Crippen LogP contribution is -2.40. The SMILES string of the molecule is CN(CCc1cccs1)C(=O)NCCC(O)C(=O)O. The number of urea groups is 1. The highest BCUT2D eigenvalue weighted by Gasteiger charge is 2.14. The summed E-state index contributed by atoms with van der Waals surface area (Å²) < 4.78 is 0. The number of thiophene rings is 1. The topological polar surface area (TPSA) is 89.9 Å². The molecule has 0 spiro atoms. The van der Waals surface area contributed by atoms with Crippen LogP contribution in [-0.2, 0) is 11.2 Å². The first-order valence-corrected chi connectivity index (χ1v) is 6.81. The monoisotopic (exact) mass is 286 g/mol. The number of carbonyl (C=O) groups is 2. The number of amides is 2. The van der Waals surface area contributed by atoms with Gasteiger partial charge in [0.1, 0.15) is 0 Å². The van der Waals surface area contributed by atoms with E-state index in [1.165, 1.54) is 9.78 Å². The molecule has 0 aliphatic carbocycles. The number of hydrogen-bond donors (Lipinski definition) is 3. The minimum absolute atomic E-state index is 0.000161. The zero-order valence-corrected chi connectivity index (χ0v) is 11.5. The van der Waals surface area contributed by atoms with Gasteiger partial charge in [-0.25, -0.2) is 9.59 Å². The molecule has 0 aromatic carbocycles. The maximum Gasteiger partial charge on any atom is 0.332 e. The van der Waals surface area contributed by atoms with Gasteiger partial charge in [-0.05, 0) is 17.9 Å². The maximum atomic E-state index is 11.6. The van der Waals surface area contributed by atoms with Crippen molar-refractivity contribution < 1.29 is 19.8 Å². The molecule has 0 bridgehead atoms. The predicted molar refractivity (Wildman–Crippen MR) is 72.3 cm³/mol. The van der Waals surface area contributed by atoms with Crippen molar-refractivity contribution in [2.24, 2.45) is 0 Å². The molecule has 0 fully saturated rings. The molecule has 1 rings (SSSR count). The second-order valence-corrected chi connectivity index (χ2v) is 5.16. The van der Waals surface area contributed by atoms with Crippen molar-refractivity contribution in [2.75, 3.05) is 20.1 Å². The van der Waals surface area contributed by atoms with Crippen LogP contribution in [-0.4, -0.2) is 53.4 Å². The molecule has 19 heavy (non-hydrogen) atoms. The Bertz CT molecular complexity index is 408. The molecule has 0 radical (unpaired) electrons. The lowest BCUT2D eigenvalue weighted by molar-refractivity contribution is -0.146. The van der Waals surface area contributed by atoms with Crippen LogP contribution in [0.1, 0.15) is 11.3 Å². The molecule has 0 aliphatic rings. The fourth-order valence-electron chi connectivity index (χ4n) is 1.41. The van der Waals surface area contributed by atoms with Crippen LogP contribution < -0.4 is 5.32 Å². The number of carbonyl (C=O) groups excluding carboxylic acids is 1. The van der Waals surface area contributed by atoms with Crippen molar-refractivity contribution in [3.63, 3.8) is 0 Å². The van der Waals surface area contributed by atoms with Crippen LogP contribution in [0.25, 0.3) is 0 Å². The Morgan fingerprint density at radius 3 is 2.84 bits per heavy atom. The molecule has 106 valence electrons. The largest absolute Gasteiger partial charge is 0.479 e. The van der Waals surface area contributed by atoms with E-state index in [1.807, 2.05) is 17.5 Å². The third-order valence-electron chi connectivity index (χ3n) is 2.60. The number of nitrogens with zero attached hydrogens (tertiary/aromatic N) is 1. The number of aliphatic hydroxyl groups is 1. The number of nitrogens with one attached hydrogen (secondary N) is 1. The number of hydrogen-bond acceptors (Lipinski definition) is 4. The zero-order chi connectivity index (χ0) is 14.3. The van der Waals surface area contributed by atoms with Crippen LogP contribution in [0.2, 0.25) is 0 Å². The van der Waals surface area contributed by atoms with Crippen LogP contribution in [0.3, 0.4) is 0 Å². The highest BCUT2D eigenvalue weighted by Crippen LogP contribution is 2.09. The summed E-state index contributed by atoms with van der Waals surface area (Å²) in [7, 11) is 1.68. The molecule has 0 saturated heterocycles. The summed E-state index contributed by atoms with van der Waals surface area (Å²) in [5.41, 5.74) is 0. The molecule has 0 saturated carbocycles. The minimum atomic E-state index is -1.43. The van der Waals surface area contributed by atoms with Crippen LogP contribution >= 0.6 is 11.3 Å². The Morgan fingerprint density at radius 1 is 1.53 bits per heavy atom. The van der Waals surface area contributed by atoms with Gasteiger partial charge in [-0.3, -0.25) is 0 Å². The minimum Gasteiger partial charge on any atom is -0.479 e. The van der Waals surface area contributed by atoms with Crippen molar-refractivity contribution in [3.05, 3.63) is 22.4 Å². The molecule has 3 N–H and O–H groups in total. The Labute approximate surface area is 115 Å². The van der Waals surface area contributed by atoms with E-state index in [4.69, 9.17) is 10.2 Å². The Balaban J connectivity index is 2.19. The fourth-order valence-corrected chi connectivity index (χ4v) is 2.11. The molecule has 1 atom stereocenters. The van der Waals surface area contributed by atoms with E-state index in [0.717, 1.165) is 6.42 Å². The van der Waals surface area contributed by atoms with Crippen molar-refractivity contribution >= 4 is 23.3 Å². The fraction of sp³-hybridized carbons (Fsp3) is 0.500. The van der Waals surface area contributed by atoms with E-state index in [1.54, 1.807) is 18.4 Å². The highest BCUT2D eigenvalue weighted by molar-refractivity contribution is 7.09. The number of likely N-dealkylation sites (N-methyl/N-ethyl adjacent to an activating group) is 1. The Kier molecular flexibility index (Phi) is 6.31. The summed E-state index contributed by atoms with van der Waals surface area (Å²) in [6.45, 7) is 0.726. The van der Waals surface area contributed by atoms with Crippen molar-refractivity contribution in [1.29, 1.82) is 0 Å². The van der Waals surface area contributed by atoms with Gasteiger partial charge in [0.25, 0.3) is 0 Å². The predicted octanol–water partition coefficient (Wildman–Crippen LogP) is 0.768. The van der Waals surface area contributed by atoms with Gasteiger partial charge in [-0.15, -0.1) is 11.3 Å². The van der Waals surface area contributed by atoms with E-state index in [2.05, 4.69) is 5.32 Å². The van der Waals surface area contributed by atoms with E-state index >= 15 is 0 Å². The number of carboxylic acids is 1. The van der Waals surface area contributed by atoms with Gasteiger partial charge in [0.05, 0.1) is 0 Å². The number of rotatable bonds is 7. The van der Waals surface area contributed by atoms with Crippen molar-refractivity contribution in [1.82, 2.24) is 10.2 Å². The van der Waals surface area contributed by atoms with Crippen LogP contribution in [0.4, 0.5) is 4.79 Å². The summed E-state index contributed by atoms with van der Waals surface area (Å²) in [6, 6.07) is 3.71. The first-order valence-electron chi connectivity index (χ1n) is 5.93.